The zero-order chi connectivity index (χ0) is 7.23. The zero-order valence-electron chi connectivity index (χ0n) is 6.47. The molecule has 0 saturated carbocycles. The van der Waals surface area contributed by atoms with Gasteiger partial charge >= 0.3 is 0 Å². The molecule has 10 heavy (non-hydrogen) atoms. The van der Waals surface area contributed by atoms with Crippen LogP contribution in [0.25, 0.3) is 0 Å². The summed E-state index contributed by atoms with van der Waals surface area (Å²) in [4.78, 5) is 0. The van der Waals surface area contributed by atoms with Crippen LogP contribution in [0, 0.1) is 0 Å². The summed E-state index contributed by atoms with van der Waals surface area (Å²) in [5.41, 5.74) is 0. The summed E-state index contributed by atoms with van der Waals surface area (Å²) < 4.78 is 13.4. The Bertz CT molecular complexity index is 78.9. The predicted octanol–water partition coefficient (Wildman–Crippen LogP) is 0.563. The van der Waals surface area contributed by atoms with Crippen LogP contribution in [-0.4, -0.2) is 39.8 Å². The van der Waals surface area contributed by atoms with Crippen molar-refractivity contribution in [2.45, 2.75) is 6.92 Å². The quantitative estimate of drug-likeness (QED) is 0.544. The second-order valence-electron chi connectivity index (χ2n) is 2.24. The largest absolute Gasteiger partial charge is 0.397 e. The lowest BCUT2D eigenvalue weighted by atomic mass is 10.6. The van der Waals surface area contributed by atoms with Crippen LogP contribution in [-0.2, 0) is 13.8 Å². The van der Waals surface area contributed by atoms with Crippen molar-refractivity contribution in [1.82, 2.24) is 0 Å². The van der Waals surface area contributed by atoms with E-state index in [0.29, 0.717) is 6.79 Å². The first-order valence-electron chi connectivity index (χ1n) is 3.73. The summed E-state index contributed by atoms with van der Waals surface area (Å²) >= 11 is 0. The Balaban J connectivity index is 2.02. The van der Waals surface area contributed by atoms with Gasteiger partial charge < -0.3 is 13.8 Å². The molecule has 1 saturated heterocycles. The average Bonchev–Trinajstić information content (AvgIpc) is 2.03. The van der Waals surface area contributed by atoms with Crippen LogP contribution >= 0.6 is 0 Å². The van der Waals surface area contributed by atoms with Crippen LogP contribution in [0.4, 0.5) is 0 Å². The normalized spacial score (nSPS) is 21.3. The number of ether oxygens (including phenoxy) is 2. The Morgan fingerprint density at radius 2 is 2.10 bits per heavy atom. The maximum absolute atomic E-state index is 5.21. The van der Waals surface area contributed by atoms with Gasteiger partial charge in [0.05, 0.1) is 6.61 Å². The molecule has 0 unspecified atom stereocenters. The summed E-state index contributed by atoms with van der Waals surface area (Å²) in [6, 6.07) is 0. The Labute approximate surface area is 61.6 Å². The van der Waals surface area contributed by atoms with Crippen LogP contribution in [0.2, 0.25) is 0 Å². The van der Waals surface area contributed by atoms with Crippen molar-refractivity contribution in [2.24, 2.45) is 0 Å². The molecule has 0 bridgehead atoms. The van der Waals surface area contributed by atoms with E-state index in [2.05, 4.69) is 4.37 Å². The van der Waals surface area contributed by atoms with Crippen molar-refractivity contribution in [3.8, 4) is 0 Å². The molecule has 3 nitrogen and oxygen atoms in total. The van der Waals surface area contributed by atoms with Crippen molar-refractivity contribution < 1.29 is 13.8 Å². The van der Waals surface area contributed by atoms with Gasteiger partial charge in [-0.05, 0) is 6.92 Å². The van der Waals surface area contributed by atoms with Gasteiger partial charge in [-0.2, -0.15) is 0 Å². The highest BCUT2D eigenvalue weighted by Gasteiger charge is 2.13. The van der Waals surface area contributed by atoms with Gasteiger partial charge in [-0.1, -0.05) is 0 Å². The lowest BCUT2D eigenvalue weighted by molar-refractivity contribution is -0.263. The molecule has 1 rings (SSSR count). The maximum atomic E-state index is 5.21. The molecule has 0 amide bonds. The zero-order valence-corrected chi connectivity index (χ0v) is 6.47. The third-order valence-electron chi connectivity index (χ3n) is 1.49. The highest BCUT2D eigenvalue weighted by Crippen LogP contribution is 2.01. The Morgan fingerprint density at radius 3 is 2.70 bits per heavy atom. The molecule has 60 valence electrons. The third-order valence-corrected chi connectivity index (χ3v) is 1.49. The molecular formula is C7H15O3+. The lowest BCUT2D eigenvalue weighted by Gasteiger charge is -2.22. The Kier molecular flexibility index (Phi) is 3.72. The highest BCUT2D eigenvalue weighted by atomic mass is 16.8. The van der Waals surface area contributed by atoms with E-state index in [4.69, 9.17) is 9.47 Å². The van der Waals surface area contributed by atoms with Gasteiger partial charge in [-0.3, -0.25) is 0 Å². The molecule has 0 aromatic carbocycles. The molecule has 0 N–H and O–H groups in total. The van der Waals surface area contributed by atoms with E-state index in [-0.39, 0.29) is 0 Å². The molecule has 1 heterocycles. The van der Waals surface area contributed by atoms with E-state index >= 15 is 0 Å². The highest BCUT2D eigenvalue weighted by molar-refractivity contribution is 4.45. The summed E-state index contributed by atoms with van der Waals surface area (Å²) in [5, 5.41) is 0. The van der Waals surface area contributed by atoms with E-state index in [0.717, 1.165) is 33.0 Å². The molecule has 1 fully saturated rings. The minimum absolute atomic E-state index is 0.680. The SMILES string of the molecule is CCOC[O+]1CCOCC1. The van der Waals surface area contributed by atoms with E-state index in [9.17, 15) is 0 Å². The second kappa shape index (κ2) is 4.66. The first kappa shape index (κ1) is 7.98. The van der Waals surface area contributed by atoms with Crippen LogP contribution in [0.5, 0.6) is 0 Å². The monoisotopic (exact) mass is 147 g/mol. The molecule has 0 aliphatic carbocycles. The molecule has 0 atom stereocenters. The van der Waals surface area contributed by atoms with Crippen LogP contribution in [0.3, 0.4) is 0 Å². The van der Waals surface area contributed by atoms with Gasteiger partial charge in [-0.25, -0.2) is 0 Å². The molecule has 1 aliphatic heterocycles. The minimum atomic E-state index is 0.680. The van der Waals surface area contributed by atoms with Crippen LogP contribution in [0.1, 0.15) is 6.92 Å². The van der Waals surface area contributed by atoms with Crippen molar-refractivity contribution in [3.63, 3.8) is 0 Å². The fraction of sp³-hybridized carbons (Fsp3) is 1.00. The van der Waals surface area contributed by atoms with Crippen molar-refractivity contribution >= 4 is 0 Å². The smallest absolute Gasteiger partial charge is 0.255 e. The van der Waals surface area contributed by atoms with Crippen LogP contribution < -0.4 is 0 Å². The summed E-state index contributed by atoms with van der Waals surface area (Å²) in [7, 11) is 0. The summed E-state index contributed by atoms with van der Waals surface area (Å²) in [6.07, 6.45) is 0. The number of hydrogen-bond acceptors (Lipinski definition) is 2. The number of rotatable bonds is 3. The fourth-order valence-electron chi connectivity index (χ4n) is 0.877. The molecule has 1 aliphatic rings. The van der Waals surface area contributed by atoms with E-state index in [1.54, 1.807) is 0 Å². The minimum Gasteiger partial charge on any atom is -0.397 e. The Morgan fingerprint density at radius 1 is 1.40 bits per heavy atom. The van der Waals surface area contributed by atoms with Crippen LogP contribution in [0.15, 0.2) is 0 Å². The van der Waals surface area contributed by atoms with Gasteiger partial charge in [0.2, 0.25) is 0 Å². The van der Waals surface area contributed by atoms with Gasteiger partial charge in [0.15, 0.2) is 13.2 Å². The standard InChI is InChI=1S/C7H15O3/c1-2-8-7-10-5-3-9-4-6-10/h2-7H2,1H3/q+1. The van der Waals surface area contributed by atoms with Crippen molar-refractivity contribution in [2.75, 3.05) is 39.8 Å². The van der Waals surface area contributed by atoms with E-state index in [1.165, 1.54) is 0 Å². The summed E-state index contributed by atoms with van der Waals surface area (Å²) in [5.74, 6) is 0. The summed E-state index contributed by atoms with van der Waals surface area (Å²) in [6.45, 7) is 6.96. The second-order valence-corrected chi connectivity index (χ2v) is 2.24. The van der Waals surface area contributed by atoms with Gasteiger partial charge in [0.1, 0.15) is 13.2 Å². The van der Waals surface area contributed by atoms with Gasteiger partial charge in [-0.15, -0.1) is 0 Å². The maximum Gasteiger partial charge on any atom is 0.255 e. The molecule has 0 aromatic heterocycles. The molecule has 0 spiro atoms. The molecular weight excluding hydrogens is 132 g/mol. The predicted molar refractivity (Wildman–Crippen MR) is 38.1 cm³/mol. The van der Waals surface area contributed by atoms with E-state index in [1.807, 2.05) is 6.92 Å². The lowest BCUT2D eigenvalue weighted by Crippen LogP contribution is -2.30. The molecule has 3 heteroatoms. The topological polar surface area (TPSA) is 21.2 Å². The van der Waals surface area contributed by atoms with Crippen molar-refractivity contribution in [1.29, 1.82) is 0 Å². The fourth-order valence-corrected chi connectivity index (χ4v) is 0.877. The average molecular weight is 147 g/mol. The van der Waals surface area contributed by atoms with Crippen molar-refractivity contribution in [3.05, 3.63) is 0 Å². The van der Waals surface area contributed by atoms with Gasteiger partial charge in [0, 0.05) is 0 Å². The van der Waals surface area contributed by atoms with Gasteiger partial charge in [0.25, 0.3) is 6.79 Å². The molecule has 0 aromatic rings. The third kappa shape index (κ3) is 2.64. The van der Waals surface area contributed by atoms with E-state index < -0.39 is 0 Å². The first-order chi connectivity index (χ1) is 4.93. The molecule has 0 radical (unpaired) electrons. The number of hydrogen-bond donors (Lipinski definition) is 0. The Hall–Kier alpha value is -0.120. The first-order valence-corrected chi connectivity index (χ1v) is 3.73.